The van der Waals surface area contributed by atoms with Gasteiger partial charge in [-0.1, -0.05) is 342 Å². The minimum Gasteiger partial charge on any atom is -0.339 e. The first-order valence-corrected chi connectivity index (χ1v) is 56.1. The van der Waals surface area contributed by atoms with Crippen molar-refractivity contribution in [2.45, 2.75) is 296 Å². The molecule has 0 aliphatic carbocycles. The average molecular weight is 1860 g/mol. The molecule has 24 bridgehead atoms. The first-order chi connectivity index (χ1) is 64.8. The van der Waals surface area contributed by atoms with Gasteiger partial charge in [0.25, 0.3) is 0 Å². The van der Waals surface area contributed by atoms with Gasteiger partial charge in [0, 0.05) is 98.0 Å². The molecule has 6 unspecified atom stereocenters. The molecule has 0 saturated heterocycles. The maximum Gasteiger partial charge on any atom is 0.0553 e. The van der Waals surface area contributed by atoms with Crippen LogP contribution in [0.4, 0.5) is 68.2 Å². The maximum atomic E-state index is 2.71. The summed E-state index contributed by atoms with van der Waals surface area (Å²) in [4.78, 5) is 32.3. The Kier molecular flexibility index (Phi) is 29.5. The number of hydrogen-bond acceptors (Lipinski definition) is 12. The van der Waals surface area contributed by atoms with Crippen molar-refractivity contribution in [2.75, 3.05) is 68.7 Å². The lowest BCUT2D eigenvalue weighted by Gasteiger charge is -2.37. The normalized spacial score (nSPS) is 15.3. The Balaban J connectivity index is 0.758. The van der Waals surface area contributed by atoms with Gasteiger partial charge in [-0.3, -0.25) is 0 Å². The first kappa shape index (κ1) is 92.6. The minimum atomic E-state index is 0.579. The zero-order chi connectivity index (χ0) is 90.6. The molecule has 0 spiro atoms. The van der Waals surface area contributed by atoms with E-state index in [2.05, 4.69) is 331 Å². The van der Waals surface area contributed by atoms with Crippen LogP contribution in [-0.4, -0.2) is 39.3 Å². The van der Waals surface area contributed by atoms with Gasteiger partial charge in [-0.05, 0) is 286 Å². The molecule has 0 amide bonds. The summed E-state index contributed by atoms with van der Waals surface area (Å²) < 4.78 is 0. The van der Waals surface area contributed by atoms with Crippen molar-refractivity contribution in [2.24, 2.45) is 35.5 Å². The van der Waals surface area contributed by atoms with Crippen LogP contribution in [0.5, 0.6) is 0 Å². The zero-order valence-corrected chi connectivity index (χ0v) is 85.5. The molecule has 6 nitrogen and oxygen atoms in total. The number of hydrogen-bond donors (Lipinski definition) is 0. The fourth-order valence-corrected chi connectivity index (χ4v) is 28.7. The van der Waals surface area contributed by atoms with Crippen LogP contribution in [0, 0.1) is 35.5 Å². The molecular weight excluding hydrogens is 1720 g/mol. The SMILES string of the molecule is CCCCC(CC)CN1c2ccc3cc2Sc2cc(ccc21)-c1ccc2c(c1)Sc1cc(ccc1N2CC(CC)CCCC)-c1ccc2c(c1)Sc1cc(ccc1N2CC(CC)CCCC)-c1ccc2c(c1)Sc1cc(ccc1N2CC(CC)CCCC)-c1ccc2c(c1)Sc1cc(ccc1N2CC(CC)CCCC)-c1ccc2c(c1)Sc1cc-3ccc1N2CC(CC)CCCC. The average Bonchev–Trinajstić information content (AvgIpc) is 0.754. The molecule has 0 N–H and O–H groups in total. The fourth-order valence-electron chi connectivity index (χ4n) is 21.7. The minimum absolute atomic E-state index is 0.579. The van der Waals surface area contributed by atoms with E-state index in [4.69, 9.17) is 0 Å². The number of unbranched alkanes of at least 4 members (excludes halogenated alkanes) is 6. The molecule has 0 radical (unpaired) electrons. The number of fused-ring (bicyclic) bond motifs is 18. The van der Waals surface area contributed by atoms with E-state index in [9.17, 15) is 0 Å². The number of anilines is 12. The highest BCUT2D eigenvalue weighted by Crippen LogP contribution is 2.60. The topological polar surface area (TPSA) is 19.4 Å². The standard InChI is InChI=1S/C120H138N6S6/c1-13-25-31-79(19-7)73-121-97-49-37-85-61-109(97)127-110-62-86(38-50-98(110)121)88-40-52-100-112(64-88)129-114-66-90(42-54-102(114)123(100)75-81(21-9)33-27-15-3)92-44-56-104-116(68-92)131-118-70-94(46-58-106(118)125(104)77-83(23-11)35-29-17-5)96-48-60-108-120(72-96)132-119-71-95(47-59-107(119)126(108)78-84(24-12)36-30-18-6)93-45-57-105-117(69-93)130-115-67-91(43-55-103(115)124(105)76-82(22-10)34-28-16-4)89-41-53-101-113(65-89)128-111-63-87(85)39-51-99(111)122(101)74-80(20-8)32-26-14-2/h37-72,79-84H,13-36,73-78H2,1-12H3. The van der Waals surface area contributed by atoms with Gasteiger partial charge in [0.2, 0.25) is 0 Å². The Labute approximate surface area is 817 Å². The molecule has 0 aromatic heterocycles. The van der Waals surface area contributed by atoms with Crippen LogP contribution in [0.15, 0.2) is 277 Å². The molecule has 6 atom stereocenters. The molecule has 7 aliphatic rings. The van der Waals surface area contributed by atoms with Gasteiger partial charge >= 0.3 is 0 Å². The highest BCUT2D eigenvalue weighted by Gasteiger charge is 2.36. The predicted octanol–water partition coefficient (Wildman–Crippen LogP) is 38.9. The fraction of sp³-hybridized carbons (Fsp3) is 0.400. The first-order valence-electron chi connectivity index (χ1n) is 51.2. The van der Waals surface area contributed by atoms with E-state index in [1.807, 2.05) is 70.6 Å². The smallest absolute Gasteiger partial charge is 0.0553 e. The second-order valence-corrected chi connectivity index (χ2v) is 45.5. The molecule has 132 heavy (non-hydrogen) atoms. The number of benzene rings is 12. The van der Waals surface area contributed by atoms with Crippen LogP contribution in [0.3, 0.4) is 0 Å². The van der Waals surface area contributed by atoms with Gasteiger partial charge in [-0.25, -0.2) is 0 Å². The van der Waals surface area contributed by atoms with Gasteiger partial charge in [0.05, 0.1) is 68.2 Å². The van der Waals surface area contributed by atoms with E-state index in [0.29, 0.717) is 35.5 Å². The maximum absolute atomic E-state index is 2.71. The lowest BCUT2D eigenvalue weighted by atomic mass is 9.96. The van der Waals surface area contributed by atoms with Gasteiger partial charge in [-0.2, -0.15) is 0 Å². The molecule has 12 aromatic rings. The summed E-state index contributed by atoms with van der Waals surface area (Å²) in [6.45, 7) is 34.6. The summed E-state index contributed by atoms with van der Waals surface area (Å²) in [7, 11) is 0. The summed E-state index contributed by atoms with van der Waals surface area (Å²) in [6.07, 6.45) is 29.2. The van der Waals surface area contributed by atoms with E-state index in [0.717, 1.165) is 77.8 Å². The third-order valence-electron chi connectivity index (χ3n) is 30.2. The lowest BCUT2D eigenvalue weighted by molar-refractivity contribution is 0.457. The van der Waals surface area contributed by atoms with Gasteiger partial charge < -0.3 is 29.4 Å². The van der Waals surface area contributed by atoms with Crippen LogP contribution >= 0.6 is 70.6 Å². The van der Waals surface area contributed by atoms with Crippen molar-refractivity contribution in [1.29, 1.82) is 0 Å². The highest BCUT2D eigenvalue weighted by molar-refractivity contribution is 8.01. The molecular formula is C120H138N6S6. The Morgan fingerprint density at radius 3 is 0.356 bits per heavy atom. The molecule has 12 heteroatoms. The van der Waals surface area contributed by atoms with E-state index < -0.39 is 0 Å². The lowest BCUT2D eigenvalue weighted by Crippen LogP contribution is -2.27. The second-order valence-electron chi connectivity index (χ2n) is 39.0. The van der Waals surface area contributed by atoms with Crippen LogP contribution in [-0.2, 0) is 0 Å². The summed E-state index contributed by atoms with van der Waals surface area (Å²) in [5.74, 6) is 3.48. The van der Waals surface area contributed by atoms with Crippen LogP contribution < -0.4 is 29.4 Å². The van der Waals surface area contributed by atoms with Crippen molar-refractivity contribution in [3.8, 4) is 66.8 Å². The van der Waals surface area contributed by atoms with Crippen molar-refractivity contribution >= 4 is 139 Å². The molecule has 19 rings (SSSR count). The van der Waals surface area contributed by atoms with Crippen LogP contribution in [0.2, 0.25) is 0 Å². The summed E-state index contributed by atoms with van der Waals surface area (Å²) in [5.41, 5.74) is 31.2. The summed E-state index contributed by atoms with van der Waals surface area (Å²) in [5, 5.41) is 0. The van der Waals surface area contributed by atoms with Crippen molar-refractivity contribution in [3.63, 3.8) is 0 Å². The molecule has 0 fully saturated rings. The van der Waals surface area contributed by atoms with Crippen molar-refractivity contribution in [1.82, 2.24) is 0 Å². The van der Waals surface area contributed by atoms with Gasteiger partial charge in [-0.15, -0.1) is 0 Å². The summed E-state index contributed by atoms with van der Waals surface area (Å²) in [6, 6.07) is 89.4. The third-order valence-corrected chi connectivity index (χ3v) is 36.8. The van der Waals surface area contributed by atoms with Crippen molar-refractivity contribution in [3.05, 3.63) is 218 Å². The van der Waals surface area contributed by atoms with Crippen molar-refractivity contribution < 1.29 is 0 Å². The van der Waals surface area contributed by atoms with Gasteiger partial charge in [0.15, 0.2) is 0 Å². The number of rotatable bonds is 36. The summed E-state index contributed by atoms with van der Waals surface area (Å²) >= 11 is 11.9. The molecule has 684 valence electrons. The number of nitrogens with zero attached hydrogens (tertiary/aromatic N) is 6. The monoisotopic (exact) mass is 1850 g/mol. The van der Waals surface area contributed by atoms with Crippen LogP contribution in [0.25, 0.3) is 66.8 Å². The van der Waals surface area contributed by atoms with E-state index >= 15 is 0 Å². The Hall–Kier alpha value is -8.46. The third kappa shape index (κ3) is 19.2. The Bertz CT molecular complexity index is 4890. The molecule has 7 aliphatic heterocycles. The zero-order valence-electron chi connectivity index (χ0n) is 80.6. The van der Waals surface area contributed by atoms with Crippen LogP contribution in [0.1, 0.15) is 237 Å². The second kappa shape index (κ2) is 42.0. The van der Waals surface area contributed by atoms with Gasteiger partial charge in [0.1, 0.15) is 0 Å². The highest BCUT2D eigenvalue weighted by atomic mass is 32.2. The predicted molar refractivity (Wildman–Crippen MR) is 578 cm³/mol. The molecule has 7 heterocycles. The Morgan fingerprint density at radius 1 is 0.159 bits per heavy atom. The molecule has 0 saturated carbocycles. The quantitative estimate of drug-likeness (QED) is 0.0373. The largest absolute Gasteiger partial charge is 0.339 e. The van der Waals surface area contributed by atoms with E-state index in [1.165, 1.54) is 309 Å². The molecule has 12 aromatic carbocycles. The Morgan fingerprint density at radius 2 is 0.265 bits per heavy atom. The van der Waals surface area contributed by atoms with E-state index in [-0.39, 0.29) is 0 Å². The van der Waals surface area contributed by atoms with E-state index in [1.54, 1.807) is 0 Å².